The van der Waals surface area contributed by atoms with E-state index >= 15 is 0 Å². The molecule has 0 amide bonds. The summed E-state index contributed by atoms with van der Waals surface area (Å²) in [4.78, 5) is 8.78. The molecular formula is C21H20N4O2. The first-order valence-electron chi connectivity index (χ1n) is 8.89. The molecule has 2 heterocycles. The lowest BCUT2D eigenvalue weighted by molar-refractivity contribution is 0.415. The topological polar surface area (TPSA) is 65.5 Å². The number of rotatable bonds is 4. The van der Waals surface area contributed by atoms with Crippen LogP contribution in [0.2, 0.25) is 0 Å². The normalized spacial score (nSPS) is 14.1. The van der Waals surface area contributed by atoms with Crippen LogP contribution in [-0.4, -0.2) is 38.3 Å². The Hall–Kier alpha value is -3.46. The minimum absolute atomic E-state index is 0.340. The Morgan fingerprint density at radius 1 is 0.963 bits per heavy atom. The highest BCUT2D eigenvalue weighted by molar-refractivity contribution is 5.60. The molecule has 1 aromatic heterocycles. The van der Waals surface area contributed by atoms with E-state index in [4.69, 9.17) is 9.15 Å². The molecular weight excluding hydrogens is 340 g/mol. The monoisotopic (exact) mass is 360 g/mol. The smallest absolute Gasteiger partial charge is 0.235 e. The van der Waals surface area contributed by atoms with E-state index in [1.165, 1.54) is 5.69 Å². The second kappa shape index (κ2) is 7.42. The summed E-state index contributed by atoms with van der Waals surface area (Å²) < 4.78 is 11.2. The molecule has 0 aliphatic carbocycles. The Bertz CT molecular complexity index is 937. The van der Waals surface area contributed by atoms with Crippen LogP contribution in [-0.2, 0) is 0 Å². The van der Waals surface area contributed by atoms with Crippen LogP contribution in [0, 0.1) is 11.3 Å². The van der Waals surface area contributed by atoms with Gasteiger partial charge in [-0.05, 0) is 36.4 Å². The van der Waals surface area contributed by atoms with Crippen LogP contribution in [0.4, 0.5) is 11.6 Å². The predicted octanol–water partition coefficient (Wildman–Crippen LogP) is 3.55. The Morgan fingerprint density at radius 3 is 2.26 bits per heavy atom. The Morgan fingerprint density at radius 2 is 1.63 bits per heavy atom. The average Bonchev–Trinajstić information content (AvgIpc) is 3.19. The van der Waals surface area contributed by atoms with Crippen LogP contribution in [0.1, 0.15) is 5.69 Å². The Labute approximate surface area is 158 Å². The standard InChI is InChI=1S/C21H20N4O2/c1-26-18-9-7-17(8-10-18)24-11-13-25(14-12-24)21-19(15-22)23-20(27-21)16-5-3-2-4-6-16/h2-10H,11-14H2,1H3. The zero-order valence-electron chi connectivity index (χ0n) is 15.1. The van der Waals surface area contributed by atoms with E-state index < -0.39 is 0 Å². The predicted molar refractivity (Wildman–Crippen MR) is 104 cm³/mol. The van der Waals surface area contributed by atoms with Crippen LogP contribution < -0.4 is 14.5 Å². The first-order chi connectivity index (χ1) is 13.3. The molecule has 27 heavy (non-hydrogen) atoms. The molecule has 3 aromatic rings. The number of ether oxygens (including phenoxy) is 1. The summed E-state index contributed by atoms with van der Waals surface area (Å²) in [5, 5.41) is 9.47. The molecule has 1 fully saturated rings. The number of hydrogen-bond donors (Lipinski definition) is 0. The molecule has 136 valence electrons. The highest BCUT2D eigenvalue weighted by atomic mass is 16.5. The summed E-state index contributed by atoms with van der Waals surface area (Å²) in [6.45, 7) is 3.23. The molecule has 0 saturated carbocycles. The van der Waals surface area contributed by atoms with E-state index in [1.807, 2.05) is 42.5 Å². The van der Waals surface area contributed by atoms with Gasteiger partial charge >= 0.3 is 0 Å². The first kappa shape index (κ1) is 17.0. The third-order valence-electron chi connectivity index (χ3n) is 4.74. The number of oxazole rings is 1. The van der Waals surface area contributed by atoms with Crippen molar-refractivity contribution in [1.29, 1.82) is 5.26 Å². The summed E-state index contributed by atoms with van der Waals surface area (Å²) in [6, 6.07) is 19.9. The number of nitrogens with zero attached hydrogens (tertiary/aromatic N) is 4. The van der Waals surface area contributed by atoms with Crippen molar-refractivity contribution in [3.05, 3.63) is 60.3 Å². The summed E-state index contributed by atoms with van der Waals surface area (Å²) >= 11 is 0. The van der Waals surface area contributed by atoms with Crippen molar-refractivity contribution in [1.82, 2.24) is 4.98 Å². The van der Waals surface area contributed by atoms with Gasteiger partial charge in [0, 0.05) is 37.4 Å². The zero-order chi connectivity index (χ0) is 18.6. The summed E-state index contributed by atoms with van der Waals surface area (Å²) in [5.41, 5.74) is 2.38. The maximum absolute atomic E-state index is 9.47. The lowest BCUT2D eigenvalue weighted by atomic mass is 10.2. The average molecular weight is 360 g/mol. The largest absolute Gasteiger partial charge is 0.497 e. The molecule has 0 N–H and O–H groups in total. The van der Waals surface area contributed by atoms with Crippen LogP contribution in [0.25, 0.3) is 11.5 Å². The number of anilines is 2. The SMILES string of the molecule is COc1ccc(N2CCN(c3oc(-c4ccccc4)nc3C#N)CC2)cc1. The number of nitriles is 1. The van der Waals surface area contributed by atoms with E-state index in [1.54, 1.807) is 7.11 Å². The first-order valence-corrected chi connectivity index (χ1v) is 8.89. The van der Waals surface area contributed by atoms with Gasteiger partial charge in [0.2, 0.25) is 17.5 Å². The van der Waals surface area contributed by atoms with Gasteiger partial charge in [0.15, 0.2) is 0 Å². The maximum atomic E-state index is 9.47. The number of piperazine rings is 1. The number of hydrogen-bond acceptors (Lipinski definition) is 6. The van der Waals surface area contributed by atoms with Gasteiger partial charge in [-0.25, -0.2) is 0 Å². The van der Waals surface area contributed by atoms with E-state index in [2.05, 4.69) is 33.0 Å². The Balaban J connectivity index is 1.49. The molecule has 0 bridgehead atoms. The molecule has 1 saturated heterocycles. The second-order valence-electron chi connectivity index (χ2n) is 6.32. The molecule has 6 heteroatoms. The van der Waals surface area contributed by atoms with Crippen molar-refractivity contribution >= 4 is 11.6 Å². The van der Waals surface area contributed by atoms with Gasteiger partial charge in [0.25, 0.3) is 0 Å². The van der Waals surface area contributed by atoms with Crippen LogP contribution in [0.5, 0.6) is 5.75 Å². The van der Waals surface area contributed by atoms with Crippen molar-refractivity contribution in [2.24, 2.45) is 0 Å². The van der Waals surface area contributed by atoms with E-state index in [-0.39, 0.29) is 0 Å². The summed E-state index contributed by atoms with van der Waals surface area (Å²) in [6.07, 6.45) is 0. The molecule has 0 spiro atoms. The van der Waals surface area contributed by atoms with E-state index in [0.29, 0.717) is 17.5 Å². The Kier molecular flexibility index (Phi) is 4.67. The zero-order valence-corrected chi connectivity index (χ0v) is 15.1. The fraction of sp³-hybridized carbons (Fsp3) is 0.238. The summed E-state index contributed by atoms with van der Waals surface area (Å²) in [5.74, 6) is 1.90. The van der Waals surface area contributed by atoms with Gasteiger partial charge in [0.1, 0.15) is 11.8 Å². The number of benzene rings is 2. The molecule has 6 nitrogen and oxygen atoms in total. The highest BCUT2D eigenvalue weighted by Crippen LogP contribution is 2.29. The van der Waals surface area contributed by atoms with Gasteiger partial charge in [-0.1, -0.05) is 18.2 Å². The summed E-state index contributed by atoms with van der Waals surface area (Å²) in [7, 11) is 1.67. The van der Waals surface area contributed by atoms with Crippen LogP contribution in [0.15, 0.2) is 59.0 Å². The second-order valence-corrected chi connectivity index (χ2v) is 6.32. The molecule has 2 aromatic carbocycles. The van der Waals surface area contributed by atoms with Crippen LogP contribution >= 0.6 is 0 Å². The minimum Gasteiger partial charge on any atom is -0.497 e. The van der Waals surface area contributed by atoms with Gasteiger partial charge < -0.3 is 19.0 Å². The minimum atomic E-state index is 0.340. The number of aromatic nitrogens is 1. The van der Waals surface area contributed by atoms with Gasteiger partial charge in [0.05, 0.1) is 7.11 Å². The van der Waals surface area contributed by atoms with Crippen LogP contribution in [0.3, 0.4) is 0 Å². The fourth-order valence-electron chi connectivity index (χ4n) is 3.26. The van der Waals surface area contributed by atoms with Crippen molar-refractivity contribution in [2.45, 2.75) is 0 Å². The van der Waals surface area contributed by atoms with Crippen molar-refractivity contribution in [2.75, 3.05) is 43.1 Å². The molecule has 0 radical (unpaired) electrons. The van der Waals surface area contributed by atoms with Gasteiger partial charge in [-0.2, -0.15) is 10.2 Å². The maximum Gasteiger partial charge on any atom is 0.235 e. The molecule has 0 atom stereocenters. The lowest BCUT2D eigenvalue weighted by Gasteiger charge is -2.35. The lowest BCUT2D eigenvalue weighted by Crippen LogP contribution is -2.46. The van der Waals surface area contributed by atoms with E-state index in [9.17, 15) is 5.26 Å². The van der Waals surface area contributed by atoms with Crippen molar-refractivity contribution in [3.63, 3.8) is 0 Å². The highest BCUT2D eigenvalue weighted by Gasteiger charge is 2.24. The third-order valence-corrected chi connectivity index (χ3v) is 4.74. The third kappa shape index (κ3) is 3.44. The van der Waals surface area contributed by atoms with E-state index in [0.717, 1.165) is 37.5 Å². The van der Waals surface area contributed by atoms with Crippen molar-refractivity contribution in [3.8, 4) is 23.3 Å². The molecule has 4 rings (SSSR count). The molecule has 1 aliphatic heterocycles. The van der Waals surface area contributed by atoms with Gasteiger partial charge in [-0.15, -0.1) is 0 Å². The van der Waals surface area contributed by atoms with Gasteiger partial charge in [-0.3, -0.25) is 0 Å². The molecule has 1 aliphatic rings. The molecule has 0 unspecified atom stereocenters. The number of methoxy groups -OCH3 is 1. The van der Waals surface area contributed by atoms with Crippen molar-refractivity contribution < 1.29 is 9.15 Å². The fourth-order valence-corrected chi connectivity index (χ4v) is 3.26. The quantitative estimate of drug-likeness (QED) is 0.709.